The van der Waals surface area contributed by atoms with Gasteiger partial charge in [-0.3, -0.25) is 4.79 Å². The van der Waals surface area contributed by atoms with E-state index in [4.69, 9.17) is 4.98 Å². The van der Waals surface area contributed by atoms with Crippen molar-refractivity contribution in [3.05, 3.63) is 16.1 Å². The van der Waals surface area contributed by atoms with E-state index in [0.717, 1.165) is 51.0 Å². The van der Waals surface area contributed by atoms with Gasteiger partial charge >= 0.3 is 0 Å². The molecule has 1 amide bonds. The number of nitrogens with zero attached hydrogens (tertiary/aromatic N) is 2. The van der Waals surface area contributed by atoms with Crippen molar-refractivity contribution < 1.29 is 4.79 Å². The van der Waals surface area contributed by atoms with Crippen molar-refractivity contribution in [3.63, 3.8) is 0 Å². The lowest BCUT2D eigenvalue weighted by Crippen LogP contribution is -2.51. The van der Waals surface area contributed by atoms with Crippen LogP contribution in [0.15, 0.2) is 5.38 Å². The highest BCUT2D eigenvalue weighted by molar-refractivity contribution is 7.09. The van der Waals surface area contributed by atoms with Crippen LogP contribution >= 0.6 is 11.3 Å². The first kappa shape index (κ1) is 17.9. The summed E-state index contributed by atoms with van der Waals surface area (Å²) in [5, 5.41) is 7.10. The summed E-state index contributed by atoms with van der Waals surface area (Å²) in [5.41, 5.74) is 1.28. The van der Waals surface area contributed by atoms with Crippen LogP contribution in [0, 0.1) is 11.8 Å². The summed E-state index contributed by atoms with van der Waals surface area (Å²) in [5.74, 6) is 1.31. The molecule has 4 nitrogen and oxygen atoms in total. The highest BCUT2D eigenvalue weighted by atomic mass is 32.1. The normalized spacial score (nSPS) is 25.1. The average molecular weight is 350 g/mol. The van der Waals surface area contributed by atoms with Crippen LogP contribution in [0.3, 0.4) is 0 Å². The van der Waals surface area contributed by atoms with E-state index in [1.807, 2.05) is 0 Å². The van der Waals surface area contributed by atoms with Crippen molar-refractivity contribution >= 4 is 17.2 Å². The highest BCUT2D eigenvalue weighted by Gasteiger charge is 2.37. The summed E-state index contributed by atoms with van der Waals surface area (Å²) >= 11 is 1.76. The number of carbonyl (C=O) groups excluding carboxylic acids is 1. The van der Waals surface area contributed by atoms with Gasteiger partial charge in [-0.15, -0.1) is 11.3 Å². The monoisotopic (exact) mass is 349 g/mol. The molecule has 0 bridgehead atoms. The van der Waals surface area contributed by atoms with E-state index in [1.165, 1.54) is 5.01 Å². The van der Waals surface area contributed by atoms with Crippen LogP contribution in [0.4, 0.5) is 0 Å². The topological polar surface area (TPSA) is 45.2 Å². The zero-order valence-electron chi connectivity index (χ0n) is 15.5. The molecule has 1 saturated carbocycles. The van der Waals surface area contributed by atoms with E-state index in [9.17, 15) is 4.79 Å². The highest BCUT2D eigenvalue weighted by Crippen LogP contribution is 2.33. The Morgan fingerprint density at radius 3 is 2.71 bits per heavy atom. The SMILES string of the molecule is CC[C@@H]1CN(C(=O)C2CC2)CC[C@@H]1NCc1csc(C(C)(C)C)n1. The summed E-state index contributed by atoms with van der Waals surface area (Å²) in [6.07, 6.45) is 4.39. The molecule has 1 saturated heterocycles. The molecule has 1 aromatic rings. The molecule has 2 fully saturated rings. The summed E-state index contributed by atoms with van der Waals surface area (Å²) in [4.78, 5) is 19.2. The van der Waals surface area contributed by atoms with E-state index in [2.05, 4.69) is 43.3 Å². The lowest BCUT2D eigenvalue weighted by molar-refractivity contribution is -0.134. The second kappa shape index (κ2) is 7.12. The van der Waals surface area contributed by atoms with Crippen LogP contribution in [-0.2, 0) is 16.8 Å². The fourth-order valence-electron chi connectivity index (χ4n) is 3.47. The van der Waals surface area contributed by atoms with Gasteiger partial charge in [-0.25, -0.2) is 4.98 Å². The minimum absolute atomic E-state index is 0.128. The van der Waals surface area contributed by atoms with Crippen LogP contribution in [-0.4, -0.2) is 34.9 Å². The quantitative estimate of drug-likeness (QED) is 0.884. The Bertz CT molecular complexity index is 573. The van der Waals surface area contributed by atoms with Crippen molar-refractivity contribution in [1.29, 1.82) is 0 Å². The van der Waals surface area contributed by atoms with Crippen LogP contribution in [0.5, 0.6) is 0 Å². The van der Waals surface area contributed by atoms with Crippen LogP contribution < -0.4 is 5.32 Å². The molecule has 2 aliphatic rings. The molecule has 2 heterocycles. The zero-order valence-corrected chi connectivity index (χ0v) is 16.3. The van der Waals surface area contributed by atoms with Crippen molar-refractivity contribution in [3.8, 4) is 0 Å². The fraction of sp³-hybridized carbons (Fsp3) is 0.789. The number of nitrogens with one attached hydrogen (secondary N) is 1. The summed E-state index contributed by atoms with van der Waals surface area (Å²) in [6, 6.07) is 0.498. The van der Waals surface area contributed by atoms with Gasteiger partial charge in [0.25, 0.3) is 0 Å². The third kappa shape index (κ3) is 4.17. The number of likely N-dealkylation sites (tertiary alicyclic amines) is 1. The first-order valence-corrected chi connectivity index (χ1v) is 10.2. The summed E-state index contributed by atoms with van der Waals surface area (Å²) in [6.45, 7) is 11.5. The Morgan fingerprint density at radius 2 is 2.12 bits per heavy atom. The van der Waals surface area contributed by atoms with Gasteiger partial charge in [0.2, 0.25) is 5.91 Å². The molecule has 134 valence electrons. The molecule has 3 rings (SSSR count). The fourth-order valence-corrected chi connectivity index (χ4v) is 4.38. The lowest BCUT2D eigenvalue weighted by atomic mass is 9.89. The third-order valence-electron chi connectivity index (χ3n) is 5.24. The molecule has 24 heavy (non-hydrogen) atoms. The van der Waals surface area contributed by atoms with Crippen molar-refractivity contribution in [1.82, 2.24) is 15.2 Å². The molecule has 1 aromatic heterocycles. The van der Waals surface area contributed by atoms with E-state index < -0.39 is 0 Å². The number of hydrogen-bond acceptors (Lipinski definition) is 4. The molecule has 0 unspecified atom stereocenters. The smallest absolute Gasteiger partial charge is 0.225 e. The Morgan fingerprint density at radius 1 is 1.38 bits per heavy atom. The number of hydrogen-bond donors (Lipinski definition) is 1. The summed E-state index contributed by atoms with van der Waals surface area (Å²) in [7, 11) is 0. The van der Waals surface area contributed by atoms with E-state index >= 15 is 0 Å². The third-order valence-corrected chi connectivity index (χ3v) is 6.55. The molecule has 0 spiro atoms. The average Bonchev–Trinajstić information content (AvgIpc) is 3.28. The van der Waals surface area contributed by atoms with Crippen molar-refractivity contribution in [2.45, 2.75) is 71.4 Å². The number of aromatic nitrogens is 1. The molecule has 1 N–H and O–H groups in total. The van der Waals surface area contributed by atoms with Gasteiger partial charge in [-0.05, 0) is 25.2 Å². The number of carbonyl (C=O) groups is 1. The molecule has 1 aliphatic heterocycles. The molecule has 1 aliphatic carbocycles. The molecule has 0 radical (unpaired) electrons. The minimum Gasteiger partial charge on any atom is -0.342 e. The molecular formula is C19H31N3OS. The van der Waals surface area contributed by atoms with Gasteiger partial charge in [0.15, 0.2) is 0 Å². The Labute approximate surface area is 150 Å². The second-order valence-corrected chi connectivity index (χ2v) is 9.26. The minimum atomic E-state index is 0.128. The van der Waals surface area contributed by atoms with Gasteiger partial charge < -0.3 is 10.2 Å². The largest absolute Gasteiger partial charge is 0.342 e. The Balaban J connectivity index is 1.53. The molecule has 5 heteroatoms. The van der Waals surface area contributed by atoms with E-state index in [-0.39, 0.29) is 5.41 Å². The first-order valence-electron chi connectivity index (χ1n) is 9.35. The van der Waals surface area contributed by atoms with E-state index in [1.54, 1.807) is 11.3 Å². The van der Waals surface area contributed by atoms with Gasteiger partial charge in [0.05, 0.1) is 10.7 Å². The maximum atomic E-state index is 12.3. The number of thiazole rings is 1. The second-order valence-electron chi connectivity index (χ2n) is 8.40. The van der Waals surface area contributed by atoms with Gasteiger partial charge in [0, 0.05) is 42.4 Å². The maximum absolute atomic E-state index is 12.3. The Hall–Kier alpha value is -0.940. The molecule has 2 atom stereocenters. The van der Waals surface area contributed by atoms with Gasteiger partial charge in [-0.1, -0.05) is 34.1 Å². The van der Waals surface area contributed by atoms with Crippen LogP contribution in [0.1, 0.15) is 64.1 Å². The first-order chi connectivity index (χ1) is 11.4. The Kier molecular flexibility index (Phi) is 5.30. The lowest BCUT2D eigenvalue weighted by Gasteiger charge is -2.39. The standard InChI is InChI=1S/C19H31N3OS/c1-5-13-11-22(17(23)14-6-7-14)9-8-16(13)20-10-15-12-24-18(21-15)19(2,3)4/h12-14,16,20H,5-11H2,1-4H3/t13-,16+/m1/s1. The van der Waals surface area contributed by atoms with E-state index in [0.29, 0.717) is 23.8 Å². The molecule has 0 aromatic carbocycles. The predicted octanol–water partition coefficient (Wildman–Crippen LogP) is 3.57. The molecular weight excluding hydrogens is 318 g/mol. The zero-order chi connectivity index (χ0) is 17.3. The van der Waals surface area contributed by atoms with Crippen LogP contribution in [0.25, 0.3) is 0 Å². The number of rotatable bonds is 5. The number of amides is 1. The number of piperidine rings is 1. The summed E-state index contributed by atoms with van der Waals surface area (Å²) < 4.78 is 0. The van der Waals surface area contributed by atoms with Gasteiger partial charge in [0.1, 0.15) is 0 Å². The van der Waals surface area contributed by atoms with Crippen molar-refractivity contribution in [2.75, 3.05) is 13.1 Å². The predicted molar refractivity (Wildman–Crippen MR) is 99.1 cm³/mol. The van der Waals surface area contributed by atoms with Gasteiger partial charge in [-0.2, -0.15) is 0 Å². The maximum Gasteiger partial charge on any atom is 0.225 e. The van der Waals surface area contributed by atoms with Crippen molar-refractivity contribution in [2.24, 2.45) is 11.8 Å². The van der Waals surface area contributed by atoms with Crippen LogP contribution in [0.2, 0.25) is 0 Å².